The van der Waals surface area contributed by atoms with Gasteiger partial charge in [-0.2, -0.15) is 0 Å². The highest BCUT2D eigenvalue weighted by Gasteiger charge is 2.32. The molecule has 1 saturated heterocycles. The molecule has 1 fully saturated rings. The Labute approximate surface area is 206 Å². The molecule has 4 rings (SSSR count). The number of rotatable bonds is 8. The zero-order valence-corrected chi connectivity index (χ0v) is 19.8. The van der Waals surface area contributed by atoms with E-state index in [4.69, 9.17) is 21.7 Å². The number of thioether (sulfide) groups is 1. The van der Waals surface area contributed by atoms with Crippen molar-refractivity contribution < 1.29 is 19.2 Å². The smallest absolute Gasteiger partial charge is 0.276 e. The van der Waals surface area contributed by atoms with Crippen molar-refractivity contribution >= 4 is 46.0 Å². The Kier molecular flexibility index (Phi) is 7.24. The molecule has 0 N–H and O–H groups in total. The summed E-state index contributed by atoms with van der Waals surface area (Å²) in [5.41, 5.74) is 2.20. The molecule has 1 heterocycles. The van der Waals surface area contributed by atoms with E-state index in [9.17, 15) is 14.9 Å². The van der Waals surface area contributed by atoms with Crippen molar-refractivity contribution in [3.05, 3.63) is 105 Å². The van der Waals surface area contributed by atoms with Crippen LogP contribution in [0.3, 0.4) is 0 Å². The molecule has 0 saturated carbocycles. The number of carbonyl (C=O) groups is 1. The number of ether oxygens (including phenoxy) is 2. The average molecular weight is 493 g/mol. The van der Waals surface area contributed by atoms with E-state index in [0.717, 1.165) is 11.1 Å². The summed E-state index contributed by atoms with van der Waals surface area (Å²) in [6.45, 7) is 0.440. The van der Waals surface area contributed by atoms with Crippen LogP contribution in [-0.4, -0.2) is 27.2 Å². The fraction of sp³-hybridized carbons (Fsp3) is 0.120. The zero-order chi connectivity index (χ0) is 24.1. The molecule has 3 aromatic rings. The Hall–Kier alpha value is -3.69. The molecule has 3 aromatic carbocycles. The maximum absolute atomic E-state index is 12.9. The number of para-hydroxylation sites is 1. The quantitative estimate of drug-likeness (QED) is 0.176. The second kappa shape index (κ2) is 10.5. The van der Waals surface area contributed by atoms with Crippen LogP contribution in [0.1, 0.15) is 16.7 Å². The maximum atomic E-state index is 12.9. The molecule has 1 amide bonds. The first kappa shape index (κ1) is 23.5. The monoisotopic (exact) mass is 492 g/mol. The summed E-state index contributed by atoms with van der Waals surface area (Å²) in [6, 6.07) is 21.4. The van der Waals surface area contributed by atoms with Crippen molar-refractivity contribution in [3.63, 3.8) is 0 Å². The van der Waals surface area contributed by atoms with Gasteiger partial charge in [-0.25, -0.2) is 0 Å². The summed E-state index contributed by atoms with van der Waals surface area (Å²) < 4.78 is 11.8. The van der Waals surface area contributed by atoms with Gasteiger partial charge in [-0.3, -0.25) is 19.8 Å². The lowest BCUT2D eigenvalue weighted by Gasteiger charge is -2.14. The van der Waals surface area contributed by atoms with Gasteiger partial charge in [0.05, 0.1) is 29.0 Å². The van der Waals surface area contributed by atoms with Crippen molar-refractivity contribution in [2.45, 2.75) is 13.2 Å². The summed E-state index contributed by atoms with van der Waals surface area (Å²) in [4.78, 5) is 25.8. The van der Waals surface area contributed by atoms with E-state index in [0.29, 0.717) is 32.8 Å². The van der Waals surface area contributed by atoms with Gasteiger partial charge in [0.25, 0.3) is 11.6 Å². The van der Waals surface area contributed by atoms with E-state index < -0.39 is 4.92 Å². The number of nitrogens with zero attached hydrogens (tertiary/aromatic N) is 2. The van der Waals surface area contributed by atoms with Crippen LogP contribution in [0.25, 0.3) is 6.08 Å². The van der Waals surface area contributed by atoms with Gasteiger partial charge in [0, 0.05) is 6.07 Å². The number of hydrogen-bond donors (Lipinski definition) is 0. The Bertz CT molecular complexity index is 1280. The summed E-state index contributed by atoms with van der Waals surface area (Å²) in [5.74, 6) is 0.746. The summed E-state index contributed by atoms with van der Waals surface area (Å²) in [5, 5.41) is 11.2. The van der Waals surface area contributed by atoms with E-state index in [1.807, 2.05) is 30.3 Å². The third kappa shape index (κ3) is 5.27. The molecule has 1 aliphatic rings. The Morgan fingerprint density at radius 3 is 2.53 bits per heavy atom. The predicted molar refractivity (Wildman–Crippen MR) is 136 cm³/mol. The van der Waals surface area contributed by atoms with Gasteiger partial charge in [0.15, 0.2) is 11.5 Å². The van der Waals surface area contributed by atoms with Gasteiger partial charge in [-0.1, -0.05) is 72.5 Å². The minimum atomic E-state index is -0.437. The van der Waals surface area contributed by atoms with Gasteiger partial charge in [-0.15, -0.1) is 0 Å². The number of hydrogen-bond acceptors (Lipinski definition) is 7. The molecule has 9 heteroatoms. The molecule has 0 atom stereocenters. The lowest BCUT2D eigenvalue weighted by atomic mass is 10.1. The molecule has 7 nitrogen and oxygen atoms in total. The van der Waals surface area contributed by atoms with Crippen LogP contribution < -0.4 is 9.47 Å². The predicted octanol–water partition coefficient (Wildman–Crippen LogP) is 5.58. The number of benzene rings is 3. The van der Waals surface area contributed by atoms with Crippen LogP contribution in [-0.2, 0) is 17.9 Å². The number of nitro benzene ring substituents is 1. The van der Waals surface area contributed by atoms with Crippen molar-refractivity contribution in [3.8, 4) is 11.5 Å². The average Bonchev–Trinajstić information content (AvgIpc) is 3.11. The second-order valence-corrected chi connectivity index (χ2v) is 9.01. The molecule has 0 bridgehead atoms. The van der Waals surface area contributed by atoms with Crippen LogP contribution in [0.15, 0.2) is 77.7 Å². The third-order valence-electron chi connectivity index (χ3n) is 5.11. The van der Waals surface area contributed by atoms with E-state index >= 15 is 0 Å². The highest BCUT2D eigenvalue weighted by atomic mass is 32.2. The van der Waals surface area contributed by atoms with Crippen LogP contribution >= 0.6 is 24.0 Å². The minimum absolute atomic E-state index is 0.00406. The van der Waals surface area contributed by atoms with Crippen LogP contribution in [0.2, 0.25) is 0 Å². The molecular weight excluding hydrogens is 472 g/mol. The second-order valence-electron chi connectivity index (χ2n) is 7.34. The fourth-order valence-corrected chi connectivity index (χ4v) is 4.67. The van der Waals surface area contributed by atoms with Gasteiger partial charge < -0.3 is 9.47 Å². The van der Waals surface area contributed by atoms with E-state index in [1.165, 1.54) is 24.9 Å². The molecule has 1 aliphatic heterocycles. The van der Waals surface area contributed by atoms with E-state index in [-0.39, 0.29) is 18.2 Å². The first-order valence-corrected chi connectivity index (χ1v) is 11.5. The Morgan fingerprint density at radius 1 is 1.06 bits per heavy atom. The van der Waals surface area contributed by atoms with Gasteiger partial charge in [-0.05, 0) is 35.4 Å². The van der Waals surface area contributed by atoms with Gasteiger partial charge in [0.2, 0.25) is 0 Å². The standard InChI is InChI=1S/C25H20N2O5S2/c1-31-22-13-18(11-12-21(22)32-16-19-9-5-6-10-20(19)27(29)30)14-23-24(28)26(25(33)34-23)15-17-7-3-2-4-8-17/h2-14H,15-16H2,1H3/b23-14-. The van der Waals surface area contributed by atoms with Crippen LogP contribution in [0.5, 0.6) is 11.5 Å². The molecular formula is C25H20N2O5S2. The highest BCUT2D eigenvalue weighted by Crippen LogP contribution is 2.36. The Morgan fingerprint density at radius 2 is 1.79 bits per heavy atom. The number of methoxy groups -OCH3 is 1. The Balaban J connectivity index is 1.50. The third-order valence-corrected chi connectivity index (χ3v) is 6.49. The maximum Gasteiger partial charge on any atom is 0.276 e. The minimum Gasteiger partial charge on any atom is -0.493 e. The van der Waals surface area contributed by atoms with Crippen molar-refractivity contribution in [2.24, 2.45) is 0 Å². The van der Waals surface area contributed by atoms with Crippen molar-refractivity contribution in [2.75, 3.05) is 7.11 Å². The summed E-state index contributed by atoms with van der Waals surface area (Å²) >= 11 is 6.68. The summed E-state index contributed by atoms with van der Waals surface area (Å²) in [6.07, 6.45) is 1.76. The van der Waals surface area contributed by atoms with E-state index in [1.54, 1.807) is 47.4 Å². The molecule has 0 aliphatic carbocycles. The lowest BCUT2D eigenvalue weighted by Crippen LogP contribution is -2.27. The van der Waals surface area contributed by atoms with E-state index in [2.05, 4.69) is 0 Å². The molecule has 172 valence electrons. The number of amides is 1. The number of nitro groups is 1. The molecule has 0 radical (unpaired) electrons. The molecule has 34 heavy (non-hydrogen) atoms. The number of carbonyl (C=O) groups excluding carboxylic acids is 1. The summed E-state index contributed by atoms with van der Waals surface area (Å²) in [7, 11) is 1.51. The topological polar surface area (TPSA) is 81.9 Å². The SMILES string of the molecule is COc1cc(/C=C2\SC(=S)N(Cc3ccccc3)C2=O)ccc1OCc1ccccc1[N+](=O)[O-]. The fourth-order valence-electron chi connectivity index (χ4n) is 3.41. The normalized spacial score (nSPS) is 14.5. The highest BCUT2D eigenvalue weighted by molar-refractivity contribution is 8.26. The van der Waals surface area contributed by atoms with Crippen molar-refractivity contribution in [1.29, 1.82) is 0 Å². The largest absolute Gasteiger partial charge is 0.493 e. The zero-order valence-electron chi connectivity index (χ0n) is 18.2. The molecule has 0 unspecified atom stereocenters. The van der Waals surface area contributed by atoms with Gasteiger partial charge in [0.1, 0.15) is 10.9 Å². The van der Waals surface area contributed by atoms with Crippen LogP contribution in [0, 0.1) is 10.1 Å². The van der Waals surface area contributed by atoms with Gasteiger partial charge >= 0.3 is 0 Å². The molecule has 0 aromatic heterocycles. The molecule has 0 spiro atoms. The number of thiocarbonyl (C=S) groups is 1. The van der Waals surface area contributed by atoms with Crippen LogP contribution in [0.4, 0.5) is 5.69 Å². The lowest BCUT2D eigenvalue weighted by molar-refractivity contribution is -0.385. The first-order valence-electron chi connectivity index (χ1n) is 10.3. The first-order chi connectivity index (χ1) is 16.5. The van der Waals surface area contributed by atoms with Crippen molar-refractivity contribution in [1.82, 2.24) is 4.90 Å².